The highest BCUT2D eigenvalue weighted by Gasteiger charge is 2.28. The van der Waals surface area contributed by atoms with Crippen LogP contribution in [0.1, 0.15) is 59.8 Å². The molecule has 5 rings (SSSR count). The van der Waals surface area contributed by atoms with E-state index in [2.05, 4.69) is 33.8 Å². The van der Waals surface area contributed by atoms with E-state index in [0.717, 1.165) is 92.5 Å². The number of rotatable bonds is 9. The number of benzene rings is 2. The molecule has 0 unspecified atom stereocenters. The highest BCUT2D eigenvalue weighted by molar-refractivity contribution is 5.98. The lowest BCUT2D eigenvalue weighted by Crippen LogP contribution is -2.43. The smallest absolute Gasteiger partial charge is 0.253 e. The van der Waals surface area contributed by atoms with Crippen molar-refractivity contribution < 1.29 is 14.4 Å². The Balaban J connectivity index is 1.17. The summed E-state index contributed by atoms with van der Waals surface area (Å²) in [4.78, 5) is 42.9. The Labute approximate surface area is 243 Å². The molecule has 2 aromatic carbocycles. The zero-order chi connectivity index (χ0) is 28.9. The number of likely N-dealkylation sites (tertiary alicyclic amines) is 2. The number of aryl methyl sites for hydroxylation is 2. The number of carbonyl (C=O) groups excluding carboxylic acids is 3. The summed E-state index contributed by atoms with van der Waals surface area (Å²) in [5, 5.41) is 3.69. The molecule has 0 spiro atoms. The van der Waals surface area contributed by atoms with E-state index in [0.29, 0.717) is 18.5 Å². The highest BCUT2D eigenvalue weighted by atomic mass is 16.2. The van der Waals surface area contributed by atoms with Crippen molar-refractivity contribution in [2.75, 3.05) is 51.2 Å². The topological polar surface area (TPSA) is 77.9 Å². The minimum Gasteiger partial charge on any atom is -0.359 e. The van der Waals surface area contributed by atoms with Gasteiger partial charge in [-0.05, 0) is 75.8 Å². The predicted octanol–water partition coefficient (Wildman–Crippen LogP) is 4.55. The van der Waals surface area contributed by atoms with Gasteiger partial charge in [-0.15, -0.1) is 0 Å². The second-order valence-electron chi connectivity index (χ2n) is 11.7. The lowest BCUT2D eigenvalue weighted by atomic mass is 9.94. The normalized spacial score (nSPS) is 17.1. The van der Waals surface area contributed by atoms with Crippen molar-refractivity contribution in [1.82, 2.24) is 19.7 Å². The summed E-state index contributed by atoms with van der Waals surface area (Å²) in [5.74, 6) is 0.716. The van der Waals surface area contributed by atoms with Crippen LogP contribution < -0.4 is 10.2 Å². The Morgan fingerprint density at radius 3 is 2.39 bits per heavy atom. The van der Waals surface area contributed by atoms with Crippen molar-refractivity contribution in [3.05, 3.63) is 65.4 Å². The van der Waals surface area contributed by atoms with Crippen LogP contribution >= 0.6 is 0 Å². The number of hydrogen-bond donors (Lipinski definition) is 1. The number of nitrogens with one attached hydrogen (secondary N) is 1. The molecule has 8 nitrogen and oxygen atoms in total. The van der Waals surface area contributed by atoms with Gasteiger partial charge in [0.15, 0.2) is 0 Å². The summed E-state index contributed by atoms with van der Waals surface area (Å²) >= 11 is 0. The zero-order valence-electron chi connectivity index (χ0n) is 24.6. The minimum absolute atomic E-state index is 0.0779. The van der Waals surface area contributed by atoms with Gasteiger partial charge < -0.3 is 24.6 Å². The van der Waals surface area contributed by atoms with Gasteiger partial charge in [-0.2, -0.15) is 0 Å². The van der Waals surface area contributed by atoms with E-state index in [9.17, 15) is 14.4 Å². The fraction of sp³-hybridized carbons (Fsp3) is 0.485. The molecular formula is C33H43N5O3. The fourth-order valence-electron chi connectivity index (χ4n) is 6.68. The van der Waals surface area contributed by atoms with Crippen LogP contribution in [0.3, 0.4) is 0 Å². The van der Waals surface area contributed by atoms with Gasteiger partial charge in [0.25, 0.3) is 5.91 Å². The van der Waals surface area contributed by atoms with E-state index >= 15 is 0 Å². The number of hydrogen-bond acceptors (Lipinski definition) is 4. The third-order valence-electron chi connectivity index (χ3n) is 8.95. The molecule has 2 aliphatic rings. The molecule has 0 saturated carbocycles. The summed E-state index contributed by atoms with van der Waals surface area (Å²) in [6.07, 6.45) is 5.41. The van der Waals surface area contributed by atoms with Gasteiger partial charge in [-0.3, -0.25) is 14.4 Å². The van der Waals surface area contributed by atoms with Gasteiger partial charge in [0, 0.05) is 75.4 Å². The summed E-state index contributed by atoms with van der Waals surface area (Å²) in [6.45, 7) is 9.45. The summed E-state index contributed by atoms with van der Waals surface area (Å²) < 4.78 is 2.45. The van der Waals surface area contributed by atoms with Crippen molar-refractivity contribution in [3.63, 3.8) is 0 Å². The first-order chi connectivity index (χ1) is 19.9. The van der Waals surface area contributed by atoms with E-state index in [4.69, 9.17) is 0 Å². The van der Waals surface area contributed by atoms with Crippen LogP contribution in [0.5, 0.6) is 0 Å². The van der Waals surface area contributed by atoms with E-state index in [1.807, 2.05) is 48.2 Å². The number of anilines is 1. The lowest BCUT2D eigenvalue weighted by Gasteiger charge is -2.38. The van der Waals surface area contributed by atoms with Crippen molar-refractivity contribution in [2.24, 2.45) is 5.92 Å². The quantitative estimate of drug-likeness (QED) is 0.392. The molecule has 0 atom stereocenters. The van der Waals surface area contributed by atoms with Gasteiger partial charge in [0.1, 0.15) is 0 Å². The van der Waals surface area contributed by atoms with Gasteiger partial charge in [0.05, 0.1) is 11.2 Å². The maximum absolute atomic E-state index is 12.9. The van der Waals surface area contributed by atoms with Gasteiger partial charge in [-0.25, -0.2) is 0 Å². The van der Waals surface area contributed by atoms with Gasteiger partial charge in [0.2, 0.25) is 12.3 Å². The van der Waals surface area contributed by atoms with Crippen molar-refractivity contribution in [3.8, 4) is 0 Å². The van der Waals surface area contributed by atoms with E-state index in [-0.39, 0.29) is 18.2 Å². The Bertz CT molecular complexity index is 1380. The number of fused-ring (bicyclic) bond motifs is 1. The first-order valence-electron chi connectivity index (χ1n) is 15.0. The predicted molar refractivity (Wildman–Crippen MR) is 163 cm³/mol. The summed E-state index contributed by atoms with van der Waals surface area (Å²) in [5.41, 5.74) is 5.13. The fourth-order valence-corrected chi connectivity index (χ4v) is 6.68. The zero-order valence-corrected chi connectivity index (χ0v) is 24.6. The summed E-state index contributed by atoms with van der Waals surface area (Å²) in [6, 6.07) is 16.6. The number of nitrogens with zero attached hydrogens (tertiary/aromatic N) is 4. The molecule has 3 aromatic rings. The van der Waals surface area contributed by atoms with Crippen molar-refractivity contribution in [1.29, 1.82) is 0 Å². The molecule has 1 N–H and O–H groups in total. The van der Waals surface area contributed by atoms with Crippen LogP contribution in [0.15, 0.2) is 48.5 Å². The number of carbonyl (C=O) groups is 3. The van der Waals surface area contributed by atoms with Gasteiger partial charge >= 0.3 is 0 Å². The Kier molecular flexibility index (Phi) is 9.08. The molecule has 1 aromatic heterocycles. The molecule has 3 heterocycles. The monoisotopic (exact) mass is 557 g/mol. The maximum atomic E-state index is 12.9. The molecule has 0 aliphatic carbocycles. The van der Waals surface area contributed by atoms with Crippen LogP contribution in [0.25, 0.3) is 10.9 Å². The van der Waals surface area contributed by atoms with Crippen molar-refractivity contribution in [2.45, 2.75) is 52.0 Å². The van der Waals surface area contributed by atoms with E-state index < -0.39 is 0 Å². The molecule has 2 aliphatic heterocycles. The molecule has 0 bridgehead atoms. The molecule has 8 heteroatoms. The molecule has 2 fully saturated rings. The van der Waals surface area contributed by atoms with E-state index in [1.54, 1.807) is 11.9 Å². The summed E-state index contributed by atoms with van der Waals surface area (Å²) in [7, 11) is 1.61. The minimum atomic E-state index is -0.0779. The first-order valence-corrected chi connectivity index (χ1v) is 15.0. The molecule has 0 radical (unpaired) electrons. The van der Waals surface area contributed by atoms with Crippen molar-refractivity contribution >= 4 is 34.8 Å². The van der Waals surface area contributed by atoms with Crippen LogP contribution in [-0.2, 0) is 9.59 Å². The van der Waals surface area contributed by atoms with E-state index in [1.165, 1.54) is 5.69 Å². The molecule has 218 valence electrons. The highest BCUT2D eigenvalue weighted by Crippen LogP contribution is 2.35. The number of piperidine rings is 2. The van der Waals surface area contributed by atoms with Crippen LogP contribution in [0.2, 0.25) is 0 Å². The standard InChI is InChI=1S/C33H43N5O3/c1-24-6-4-7-27(20-24)33(41)36-17-10-26(11-18-36)22-35-15-12-28(13-16-35)38-25(2)21-29-30(8-5-9-31(29)38)37(23-39)19-14-32(40)34-3/h4-9,20-21,23,26,28H,10-19,22H2,1-3H3,(H,34,40). The average molecular weight is 558 g/mol. The third kappa shape index (κ3) is 6.48. The van der Waals surface area contributed by atoms with Crippen LogP contribution in [0.4, 0.5) is 5.69 Å². The molecule has 41 heavy (non-hydrogen) atoms. The second kappa shape index (κ2) is 12.9. The Hall–Kier alpha value is -3.65. The largest absolute Gasteiger partial charge is 0.359 e. The molecule has 2 saturated heterocycles. The average Bonchev–Trinajstić information content (AvgIpc) is 3.34. The van der Waals surface area contributed by atoms with Crippen LogP contribution in [0, 0.1) is 19.8 Å². The van der Waals surface area contributed by atoms with Crippen LogP contribution in [-0.4, -0.2) is 78.9 Å². The molecular weight excluding hydrogens is 514 g/mol. The maximum Gasteiger partial charge on any atom is 0.253 e. The Morgan fingerprint density at radius 1 is 0.976 bits per heavy atom. The first kappa shape index (κ1) is 28.9. The number of aromatic nitrogens is 1. The second-order valence-corrected chi connectivity index (χ2v) is 11.7. The van der Waals surface area contributed by atoms with Gasteiger partial charge in [-0.1, -0.05) is 23.8 Å². The third-order valence-corrected chi connectivity index (χ3v) is 8.95. The SMILES string of the molecule is CNC(=O)CCN(C=O)c1cccc2c1cc(C)n2C1CCN(CC2CCN(C(=O)c3cccc(C)c3)CC2)CC1. The molecule has 3 amide bonds. The Morgan fingerprint density at radius 2 is 1.71 bits per heavy atom. The number of amides is 3. The lowest BCUT2D eigenvalue weighted by molar-refractivity contribution is -0.120.